The van der Waals surface area contributed by atoms with Crippen LogP contribution < -0.4 is 15.8 Å². The first-order valence-electron chi connectivity index (χ1n) is 13.1. The molecule has 1 aliphatic carbocycles. The van der Waals surface area contributed by atoms with E-state index < -0.39 is 5.41 Å². The fraction of sp³-hybridized carbons (Fsp3) is 0.519. The summed E-state index contributed by atoms with van der Waals surface area (Å²) in [5.41, 5.74) is 1.93. The quantitative estimate of drug-likeness (QED) is 0.455. The smallest absolute Gasteiger partial charge is 0.330 e. The second-order valence-electron chi connectivity index (χ2n) is 11.1. The molecule has 2 fully saturated rings. The van der Waals surface area contributed by atoms with Gasteiger partial charge < -0.3 is 15.1 Å². The Balaban J connectivity index is 1.29. The number of piperazine rings is 1. The summed E-state index contributed by atoms with van der Waals surface area (Å²) in [5, 5.41) is 5.79. The first-order chi connectivity index (χ1) is 18.1. The molecule has 1 N–H and O–H groups in total. The lowest BCUT2D eigenvalue weighted by atomic mass is 9.98. The molecule has 2 aliphatic rings. The van der Waals surface area contributed by atoms with Crippen LogP contribution in [0.15, 0.2) is 33.8 Å². The molecule has 0 atom stereocenters. The maximum atomic E-state index is 13.2. The van der Waals surface area contributed by atoms with Crippen LogP contribution in [0.4, 0.5) is 17.5 Å². The van der Waals surface area contributed by atoms with Crippen LogP contribution in [-0.2, 0) is 9.63 Å². The van der Waals surface area contributed by atoms with Gasteiger partial charge >= 0.3 is 5.97 Å². The molecular weight excluding hydrogens is 550 g/mol. The van der Waals surface area contributed by atoms with Gasteiger partial charge in [0.25, 0.3) is 5.56 Å². The van der Waals surface area contributed by atoms with Gasteiger partial charge in [-0.05, 0) is 74.2 Å². The number of fused-ring (bicyclic) bond motifs is 1. The number of carbonyl (C=O) groups excluding carboxylic acids is 1. The summed E-state index contributed by atoms with van der Waals surface area (Å²) in [4.78, 5) is 46.9. The van der Waals surface area contributed by atoms with Crippen molar-refractivity contribution >= 4 is 50.4 Å². The Labute approximate surface area is 230 Å². The molecule has 0 amide bonds. The molecule has 0 unspecified atom stereocenters. The van der Waals surface area contributed by atoms with E-state index in [0.29, 0.717) is 35.0 Å². The van der Waals surface area contributed by atoms with Crippen molar-refractivity contribution < 1.29 is 9.63 Å². The Morgan fingerprint density at radius 1 is 1.08 bits per heavy atom. The summed E-state index contributed by atoms with van der Waals surface area (Å²) in [6.07, 6.45) is 7.79. The van der Waals surface area contributed by atoms with Crippen molar-refractivity contribution in [2.24, 2.45) is 5.41 Å². The fourth-order valence-electron chi connectivity index (χ4n) is 4.92. The van der Waals surface area contributed by atoms with Crippen LogP contribution in [0.1, 0.15) is 58.1 Å². The van der Waals surface area contributed by atoms with E-state index >= 15 is 0 Å². The Morgan fingerprint density at radius 2 is 1.79 bits per heavy atom. The van der Waals surface area contributed by atoms with Crippen molar-refractivity contribution in [1.29, 1.82) is 0 Å². The number of halogens is 1. The lowest BCUT2D eigenvalue weighted by Gasteiger charge is -2.35. The number of hydrogen-bond acceptors (Lipinski definition) is 9. The van der Waals surface area contributed by atoms with Gasteiger partial charge in [-0.2, -0.15) is 4.98 Å². The molecule has 1 saturated heterocycles. The lowest BCUT2D eigenvalue weighted by Crippen LogP contribution is -2.48. The first kappa shape index (κ1) is 26.6. The monoisotopic (exact) mass is 583 g/mol. The molecule has 38 heavy (non-hydrogen) atoms. The molecule has 0 aromatic carbocycles. The lowest BCUT2D eigenvalue weighted by molar-refractivity contribution is -0.201. The van der Waals surface area contributed by atoms with Crippen molar-refractivity contribution in [2.45, 2.75) is 59.4 Å². The minimum atomic E-state index is -0.525. The number of carbonyl (C=O) groups is 1. The van der Waals surface area contributed by atoms with E-state index in [0.717, 1.165) is 55.4 Å². The Bertz CT molecular complexity index is 1390. The highest BCUT2D eigenvalue weighted by molar-refractivity contribution is 9.10. The number of rotatable bonds is 5. The fourth-order valence-corrected chi connectivity index (χ4v) is 5.32. The van der Waals surface area contributed by atoms with Crippen LogP contribution in [0.5, 0.6) is 0 Å². The average molecular weight is 585 g/mol. The third-order valence-corrected chi connectivity index (χ3v) is 8.18. The number of pyridine rings is 2. The van der Waals surface area contributed by atoms with Crippen molar-refractivity contribution in [3.05, 3.63) is 44.9 Å². The first-order valence-corrected chi connectivity index (χ1v) is 13.9. The number of anilines is 3. The van der Waals surface area contributed by atoms with Gasteiger partial charge in [0.1, 0.15) is 11.5 Å². The van der Waals surface area contributed by atoms with Gasteiger partial charge in [-0.15, -0.1) is 5.06 Å². The molecule has 3 aromatic heterocycles. The SMILES string of the molecule is Cc1c(Br)c(=O)n(C2CCCC2)c2nc(Nc3ccc(N4CCN(OC(=O)C(C)(C)C)CC4)cn3)ncc12. The maximum Gasteiger partial charge on any atom is 0.330 e. The van der Waals surface area contributed by atoms with Crippen LogP contribution >= 0.6 is 15.9 Å². The van der Waals surface area contributed by atoms with Crippen LogP contribution in [0, 0.1) is 12.3 Å². The highest BCUT2D eigenvalue weighted by Crippen LogP contribution is 2.32. The molecule has 0 spiro atoms. The zero-order chi connectivity index (χ0) is 27.0. The number of nitrogens with one attached hydrogen (secondary N) is 1. The van der Waals surface area contributed by atoms with Gasteiger partial charge in [-0.3, -0.25) is 9.36 Å². The largest absolute Gasteiger partial charge is 0.367 e. The zero-order valence-electron chi connectivity index (χ0n) is 22.3. The van der Waals surface area contributed by atoms with E-state index in [-0.39, 0.29) is 17.6 Å². The van der Waals surface area contributed by atoms with Crippen molar-refractivity contribution in [3.63, 3.8) is 0 Å². The molecule has 1 saturated carbocycles. The molecule has 0 radical (unpaired) electrons. The number of hydroxylamine groups is 2. The summed E-state index contributed by atoms with van der Waals surface area (Å²) >= 11 is 3.49. The molecular formula is C27H34BrN7O3. The van der Waals surface area contributed by atoms with Crippen molar-refractivity contribution in [3.8, 4) is 0 Å². The maximum absolute atomic E-state index is 13.2. The molecule has 4 heterocycles. The van der Waals surface area contributed by atoms with E-state index in [1.165, 1.54) is 0 Å². The van der Waals surface area contributed by atoms with E-state index in [1.807, 2.05) is 50.6 Å². The van der Waals surface area contributed by atoms with Gasteiger partial charge in [0.2, 0.25) is 5.95 Å². The summed E-state index contributed by atoms with van der Waals surface area (Å²) < 4.78 is 2.41. The molecule has 11 heteroatoms. The Morgan fingerprint density at radius 3 is 2.42 bits per heavy atom. The highest BCUT2D eigenvalue weighted by Gasteiger charge is 2.28. The van der Waals surface area contributed by atoms with Crippen LogP contribution in [0.3, 0.4) is 0 Å². The zero-order valence-corrected chi connectivity index (χ0v) is 23.9. The summed E-state index contributed by atoms with van der Waals surface area (Å²) in [7, 11) is 0. The summed E-state index contributed by atoms with van der Waals surface area (Å²) in [5.74, 6) is 0.802. The standard InChI is InChI=1S/C27H34BrN7O3/c1-17-20-16-30-26(32-23(20)35(24(36)22(17)28)18-7-5-6-8-18)31-21-10-9-19(15-29-21)33-11-13-34(14-12-33)38-25(37)27(2,3)4/h9-10,15-16,18H,5-8,11-14H2,1-4H3,(H,29,30,31,32). The minimum absolute atomic E-state index is 0.0395. The number of nitrogens with zero attached hydrogens (tertiary/aromatic N) is 6. The molecule has 202 valence electrons. The predicted molar refractivity (Wildman–Crippen MR) is 151 cm³/mol. The van der Waals surface area contributed by atoms with Gasteiger partial charge in [0.05, 0.1) is 34.9 Å². The molecule has 0 bridgehead atoms. The number of aryl methyl sites for hydroxylation is 1. The van der Waals surface area contributed by atoms with Crippen LogP contribution in [0.2, 0.25) is 0 Å². The van der Waals surface area contributed by atoms with E-state index in [1.54, 1.807) is 11.3 Å². The van der Waals surface area contributed by atoms with Crippen LogP contribution in [0.25, 0.3) is 11.0 Å². The Kier molecular flexibility index (Phi) is 7.41. The highest BCUT2D eigenvalue weighted by atomic mass is 79.9. The average Bonchev–Trinajstić information content (AvgIpc) is 3.42. The predicted octanol–water partition coefficient (Wildman–Crippen LogP) is 4.74. The molecule has 3 aromatic rings. The van der Waals surface area contributed by atoms with Gasteiger partial charge in [0, 0.05) is 30.7 Å². The second-order valence-corrected chi connectivity index (χ2v) is 11.8. The Hall–Kier alpha value is -3.05. The summed E-state index contributed by atoms with van der Waals surface area (Å²) in [6.45, 7) is 10.2. The third kappa shape index (κ3) is 5.40. The molecule has 5 rings (SSSR count). The molecule has 1 aliphatic heterocycles. The number of hydrogen-bond donors (Lipinski definition) is 1. The number of aromatic nitrogens is 4. The minimum Gasteiger partial charge on any atom is -0.367 e. The topological polar surface area (TPSA) is 105 Å². The molecule has 10 nitrogen and oxygen atoms in total. The van der Waals surface area contributed by atoms with Gasteiger partial charge in [-0.25, -0.2) is 14.8 Å². The van der Waals surface area contributed by atoms with E-state index in [2.05, 4.69) is 36.1 Å². The van der Waals surface area contributed by atoms with Gasteiger partial charge in [0.15, 0.2) is 0 Å². The van der Waals surface area contributed by atoms with E-state index in [4.69, 9.17) is 9.82 Å². The van der Waals surface area contributed by atoms with E-state index in [9.17, 15) is 9.59 Å². The van der Waals surface area contributed by atoms with Crippen molar-refractivity contribution in [1.82, 2.24) is 24.6 Å². The summed E-state index contributed by atoms with van der Waals surface area (Å²) in [6, 6.07) is 4.05. The third-order valence-electron chi connectivity index (χ3n) is 7.24. The van der Waals surface area contributed by atoms with Gasteiger partial charge in [-0.1, -0.05) is 12.8 Å². The second kappa shape index (κ2) is 10.6. The normalized spacial score (nSPS) is 17.2. The van der Waals surface area contributed by atoms with Crippen molar-refractivity contribution in [2.75, 3.05) is 36.4 Å². The van der Waals surface area contributed by atoms with Crippen LogP contribution in [-0.4, -0.2) is 56.7 Å².